The quantitative estimate of drug-likeness (QED) is 0.416. The van der Waals surface area contributed by atoms with Crippen molar-refractivity contribution in [1.29, 1.82) is 0 Å². The van der Waals surface area contributed by atoms with Crippen LogP contribution < -0.4 is 4.90 Å². The van der Waals surface area contributed by atoms with Crippen LogP contribution >= 0.6 is 11.6 Å². The van der Waals surface area contributed by atoms with E-state index in [0.29, 0.717) is 0 Å². The maximum atomic E-state index is 13.8. The molecule has 3 nitrogen and oxygen atoms in total. The van der Waals surface area contributed by atoms with Crippen LogP contribution in [-0.2, 0) is 21.2 Å². The summed E-state index contributed by atoms with van der Waals surface area (Å²) in [6.07, 6.45) is -4.63. The van der Waals surface area contributed by atoms with Crippen molar-refractivity contribution in [3.63, 3.8) is 0 Å². The van der Waals surface area contributed by atoms with Gasteiger partial charge in [-0.1, -0.05) is 67.1 Å². The van der Waals surface area contributed by atoms with Gasteiger partial charge in [0, 0.05) is 11.3 Å². The Morgan fingerprint density at radius 2 is 1.45 bits per heavy atom. The minimum absolute atomic E-state index is 0.0733. The lowest BCUT2D eigenvalue weighted by Crippen LogP contribution is -2.51. The molecule has 1 aliphatic heterocycles. The average Bonchev–Trinajstić information content (AvgIpc) is 3.05. The van der Waals surface area contributed by atoms with Gasteiger partial charge in [-0.15, -0.1) is 0 Å². The molecule has 3 aromatic rings. The molecule has 0 aromatic heterocycles. The Labute approximate surface area is 192 Å². The number of halogens is 4. The maximum Gasteiger partial charge on any atom is 0.416 e. The molecule has 4 aliphatic rings. The second-order valence-electron chi connectivity index (χ2n) is 9.03. The van der Waals surface area contributed by atoms with Crippen LogP contribution in [-0.4, -0.2) is 11.8 Å². The molecular weight excluding hydrogens is 451 g/mol. The predicted octanol–water partition coefficient (Wildman–Crippen LogP) is 5.93. The molecule has 0 unspecified atom stereocenters. The Kier molecular flexibility index (Phi) is 4.02. The van der Waals surface area contributed by atoms with E-state index in [1.54, 1.807) is 0 Å². The van der Waals surface area contributed by atoms with Crippen LogP contribution in [0, 0.1) is 11.8 Å². The van der Waals surface area contributed by atoms with E-state index >= 15 is 0 Å². The molecule has 1 fully saturated rings. The lowest BCUT2D eigenvalue weighted by atomic mass is 9.48. The molecule has 3 aromatic carbocycles. The van der Waals surface area contributed by atoms with E-state index in [2.05, 4.69) is 0 Å². The molecule has 33 heavy (non-hydrogen) atoms. The highest BCUT2D eigenvalue weighted by Gasteiger charge is 2.66. The van der Waals surface area contributed by atoms with E-state index in [9.17, 15) is 22.8 Å². The van der Waals surface area contributed by atoms with Gasteiger partial charge in [-0.25, -0.2) is 4.90 Å². The first kappa shape index (κ1) is 20.5. The van der Waals surface area contributed by atoms with Crippen molar-refractivity contribution in [2.75, 3.05) is 4.90 Å². The number of carbonyl (C=O) groups excluding carboxylic acids is 2. The Bertz CT molecular complexity index is 1320. The van der Waals surface area contributed by atoms with Gasteiger partial charge in [0.15, 0.2) is 0 Å². The third-order valence-corrected chi connectivity index (χ3v) is 7.88. The minimum Gasteiger partial charge on any atom is -0.274 e. The Hall–Kier alpha value is -3.12. The van der Waals surface area contributed by atoms with E-state index in [4.69, 9.17) is 11.6 Å². The molecule has 3 aliphatic carbocycles. The van der Waals surface area contributed by atoms with Gasteiger partial charge >= 0.3 is 6.18 Å². The van der Waals surface area contributed by atoms with E-state index in [-0.39, 0.29) is 16.6 Å². The molecule has 7 rings (SSSR count). The van der Waals surface area contributed by atoms with Crippen molar-refractivity contribution >= 4 is 29.1 Å². The third-order valence-electron chi connectivity index (χ3n) is 7.56. The van der Waals surface area contributed by atoms with E-state index in [1.165, 1.54) is 0 Å². The third kappa shape index (κ3) is 2.47. The first-order valence-corrected chi connectivity index (χ1v) is 11.0. The zero-order valence-corrected chi connectivity index (χ0v) is 18.1. The van der Waals surface area contributed by atoms with Crippen molar-refractivity contribution in [2.45, 2.75) is 24.4 Å². The Morgan fingerprint density at radius 3 is 2.03 bits per heavy atom. The highest BCUT2D eigenvalue weighted by atomic mass is 35.5. The van der Waals surface area contributed by atoms with E-state index in [0.717, 1.165) is 45.4 Å². The summed E-state index contributed by atoms with van der Waals surface area (Å²) in [6, 6.07) is 18.3. The smallest absolute Gasteiger partial charge is 0.274 e. The van der Waals surface area contributed by atoms with Gasteiger partial charge < -0.3 is 0 Å². The van der Waals surface area contributed by atoms with Crippen molar-refractivity contribution in [2.24, 2.45) is 11.8 Å². The van der Waals surface area contributed by atoms with Crippen LogP contribution in [0.15, 0.2) is 66.7 Å². The molecule has 2 atom stereocenters. The predicted molar refractivity (Wildman–Crippen MR) is 117 cm³/mol. The van der Waals surface area contributed by atoms with Gasteiger partial charge in [0.05, 0.1) is 28.1 Å². The zero-order valence-electron chi connectivity index (χ0n) is 17.4. The minimum atomic E-state index is -4.63. The average molecular weight is 468 g/mol. The number of benzene rings is 3. The number of hydrogen-bond acceptors (Lipinski definition) is 2. The summed E-state index contributed by atoms with van der Waals surface area (Å²) in [7, 11) is 0. The first-order chi connectivity index (χ1) is 15.7. The number of amides is 2. The second kappa shape index (κ2) is 6.48. The summed E-state index contributed by atoms with van der Waals surface area (Å²) in [4.78, 5) is 28.5. The van der Waals surface area contributed by atoms with Crippen LogP contribution in [0.3, 0.4) is 0 Å². The van der Waals surface area contributed by atoms with Crippen LogP contribution in [0.1, 0.15) is 40.7 Å². The second-order valence-corrected chi connectivity index (χ2v) is 9.44. The number of hydrogen-bond donors (Lipinski definition) is 0. The number of nitrogens with zero attached hydrogens (tertiary/aromatic N) is 1. The summed E-state index contributed by atoms with van der Waals surface area (Å²) < 4.78 is 40.2. The Morgan fingerprint density at radius 1 is 0.879 bits per heavy atom. The van der Waals surface area contributed by atoms with Crippen molar-refractivity contribution < 1.29 is 22.8 Å². The molecule has 2 amide bonds. The summed E-state index contributed by atoms with van der Waals surface area (Å²) in [5, 5.41) is -0.0733. The van der Waals surface area contributed by atoms with Gasteiger partial charge in [0.1, 0.15) is 0 Å². The van der Waals surface area contributed by atoms with Crippen LogP contribution in [0.5, 0.6) is 0 Å². The zero-order chi connectivity index (χ0) is 23.3. The van der Waals surface area contributed by atoms with Gasteiger partial charge in [-0.3, -0.25) is 9.59 Å². The standard InChI is InChI=1S/C26H17ClF3NO2/c1-25-16-8-4-2-6-14(16)20(15-7-3-5-9-17(15)25)21-22(25)24(33)31(23(21)32)19-12-13(26(28,29)30)10-11-18(19)27/h2-12,20-22H,1H3/t20?,21-,22-,25?/m0/s1. The van der Waals surface area contributed by atoms with E-state index < -0.39 is 40.8 Å². The van der Waals surface area contributed by atoms with Crippen molar-refractivity contribution in [3.8, 4) is 0 Å². The van der Waals surface area contributed by atoms with Crippen molar-refractivity contribution in [1.82, 2.24) is 0 Å². The molecule has 1 saturated heterocycles. The largest absolute Gasteiger partial charge is 0.416 e. The normalized spacial score (nSPS) is 27.4. The van der Waals surface area contributed by atoms with Crippen LogP contribution in [0.25, 0.3) is 0 Å². The molecule has 2 bridgehead atoms. The molecule has 0 N–H and O–H groups in total. The molecule has 166 valence electrons. The molecule has 0 radical (unpaired) electrons. The highest BCUT2D eigenvalue weighted by Crippen LogP contribution is 2.64. The topological polar surface area (TPSA) is 37.4 Å². The number of carbonyl (C=O) groups is 2. The highest BCUT2D eigenvalue weighted by molar-refractivity contribution is 6.36. The summed E-state index contributed by atoms with van der Waals surface area (Å²) >= 11 is 6.24. The van der Waals surface area contributed by atoms with Crippen LogP contribution in [0.4, 0.5) is 18.9 Å². The summed E-state index contributed by atoms with van der Waals surface area (Å²) in [6.45, 7) is 1.96. The monoisotopic (exact) mass is 467 g/mol. The summed E-state index contributed by atoms with van der Waals surface area (Å²) in [5.74, 6) is -2.81. The summed E-state index contributed by atoms with van der Waals surface area (Å²) in [5.41, 5.74) is 1.96. The van der Waals surface area contributed by atoms with Gasteiger partial charge in [-0.05, 0) is 40.5 Å². The molecular formula is C26H17ClF3NO2. The van der Waals surface area contributed by atoms with Gasteiger partial charge in [-0.2, -0.15) is 13.2 Å². The first-order valence-electron chi connectivity index (χ1n) is 10.6. The fourth-order valence-corrected chi connectivity index (χ4v) is 6.45. The molecule has 0 spiro atoms. The maximum absolute atomic E-state index is 13.8. The molecule has 7 heteroatoms. The lowest BCUT2D eigenvalue weighted by molar-refractivity contribution is -0.137. The molecule has 0 saturated carbocycles. The van der Waals surface area contributed by atoms with Gasteiger partial charge in [0.25, 0.3) is 0 Å². The van der Waals surface area contributed by atoms with Crippen LogP contribution in [0.2, 0.25) is 5.02 Å². The number of rotatable bonds is 1. The fourth-order valence-electron chi connectivity index (χ4n) is 6.25. The number of alkyl halides is 3. The van der Waals surface area contributed by atoms with E-state index in [1.807, 2.05) is 55.5 Å². The SMILES string of the molecule is CC12c3ccccc3C(c3ccccc31)[C@@H]1C(=O)N(c3cc(C(F)(F)F)ccc3Cl)C(=O)[C@H]12. The molecule has 1 heterocycles. The van der Waals surface area contributed by atoms with Crippen molar-refractivity contribution in [3.05, 3.63) is 99.6 Å². The number of imide groups is 1. The number of anilines is 1. The lowest BCUT2D eigenvalue weighted by Gasteiger charge is -2.52. The van der Waals surface area contributed by atoms with Gasteiger partial charge in [0.2, 0.25) is 11.8 Å². The Balaban J connectivity index is 1.58. The fraction of sp³-hybridized carbons (Fsp3) is 0.231.